The Morgan fingerprint density at radius 2 is 2.10 bits per heavy atom. The highest BCUT2D eigenvalue weighted by atomic mass is 16.4. The summed E-state index contributed by atoms with van der Waals surface area (Å²) in [7, 11) is 0. The van der Waals surface area contributed by atoms with Gasteiger partial charge in [0.1, 0.15) is 0 Å². The van der Waals surface area contributed by atoms with Crippen molar-refractivity contribution in [3.8, 4) is 0 Å². The summed E-state index contributed by atoms with van der Waals surface area (Å²) in [4.78, 5) is 23.2. The summed E-state index contributed by atoms with van der Waals surface area (Å²) < 4.78 is 1.58. The van der Waals surface area contributed by atoms with Gasteiger partial charge in [0, 0.05) is 18.7 Å². The van der Waals surface area contributed by atoms with Crippen molar-refractivity contribution < 1.29 is 14.7 Å². The normalized spacial score (nSPS) is 23.0. The van der Waals surface area contributed by atoms with Crippen LogP contribution in [0.5, 0.6) is 0 Å². The molecule has 110 valence electrons. The monoisotopic (exact) mass is 280 g/mol. The lowest BCUT2D eigenvalue weighted by Gasteiger charge is -2.22. The van der Waals surface area contributed by atoms with Gasteiger partial charge in [0.25, 0.3) is 0 Å². The van der Waals surface area contributed by atoms with Crippen LogP contribution in [0.4, 0.5) is 0 Å². The molecule has 1 aliphatic carbocycles. The maximum absolute atomic E-state index is 11.9. The summed E-state index contributed by atoms with van der Waals surface area (Å²) >= 11 is 0. The van der Waals surface area contributed by atoms with E-state index in [4.69, 9.17) is 0 Å². The van der Waals surface area contributed by atoms with Crippen molar-refractivity contribution in [2.24, 2.45) is 5.92 Å². The van der Waals surface area contributed by atoms with E-state index in [1.54, 1.807) is 17.1 Å². The largest absolute Gasteiger partial charge is 0.481 e. The first-order valence-electron chi connectivity index (χ1n) is 7.03. The molecule has 0 spiro atoms. The lowest BCUT2D eigenvalue weighted by Crippen LogP contribution is -2.43. The Morgan fingerprint density at radius 1 is 1.30 bits per heavy atom. The molecule has 1 aromatic heterocycles. The Balaban J connectivity index is 1.85. The van der Waals surface area contributed by atoms with Crippen LogP contribution in [-0.2, 0) is 16.1 Å². The molecule has 1 heterocycles. The van der Waals surface area contributed by atoms with Crippen LogP contribution in [0.3, 0.4) is 0 Å². The van der Waals surface area contributed by atoms with Crippen LogP contribution >= 0.6 is 0 Å². The van der Waals surface area contributed by atoms with E-state index in [9.17, 15) is 14.7 Å². The number of amides is 1. The number of carbonyl (C=O) groups is 2. The van der Waals surface area contributed by atoms with E-state index >= 15 is 0 Å². The maximum Gasteiger partial charge on any atom is 0.308 e. The van der Waals surface area contributed by atoms with Gasteiger partial charge in [-0.3, -0.25) is 14.3 Å². The zero-order valence-electron chi connectivity index (χ0n) is 11.4. The van der Waals surface area contributed by atoms with Gasteiger partial charge in [-0.25, -0.2) is 0 Å². The zero-order valence-corrected chi connectivity index (χ0v) is 11.4. The number of aliphatic carboxylic acids is 1. The van der Waals surface area contributed by atoms with Crippen molar-refractivity contribution in [3.63, 3.8) is 0 Å². The Hall–Kier alpha value is -1.92. The van der Waals surface area contributed by atoms with Crippen LogP contribution in [0.15, 0.2) is 12.4 Å². The number of aromatic nitrogens is 3. The third-order valence-corrected chi connectivity index (χ3v) is 3.72. The number of aryl methyl sites for hydroxylation is 1. The molecule has 0 saturated heterocycles. The molecule has 1 aromatic rings. The SMILES string of the molecule is O=C(CCn1ccnn1)NC1CCCCCC1C(=O)O. The molecule has 7 nitrogen and oxygen atoms in total. The van der Waals surface area contributed by atoms with Gasteiger partial charge in [-0.15, -0.1) is 5.10 Å². The molecule has 2 unspecified atom stereocenters. The van der Waals surface area contributed by atoms with Gasteiger partial charge in [0.2, 0.25) is 5.91 Å². The lowest BCUT2D eigenvalue weighted by molar-refractivity contribution is -0.143. The first-order chi connectivity index (χ1) is 9.66. The molecule has 1 saturated carbocycles. The smallest absolute Gasteiger partial charge is 0.308 e. The number of nitrogens with zero attached hydrogens (tertiary/aromatic N) is 3. The van der Waals surface area contributed by atoms with Gasteiger partial charge in [-0.2, -0.15) is 0 Å². The maximum atomic E-state index is 11.9. The molecule has 0 aliphatic heterocycles. The molecule has 1 fully saturated rings. The molecule has 1 aliphatic rings. The average molecular weight is 280 g/mol. The van der Waals surface area contributed by atoms with Crippen molar-refractivity contribution in [3.05, 3.63) is 12.4 Å². The van der Waals surface area contributed by atoms with Gasteiger partial charge >= 0.3 is 5.97 Å². The van der Waals surface area contributed by atoms with E-state index in [2.05, 4.69) is 15.6 Å². The van der Waals surface area contributed by atoms with Crippen molar-refractivity contribution in [1.82, 2.24) is 20.3 Å². The first kappa shape index (κ1) is 14.5. The number of rotatable bonds is 5. The van der Waals surface area contributed by atoms with Crippen LogP contribution < -0.4 is 5.32 Å². The van der Waals surface area contributed by atoms with Crippen LogP contribution in [0.25, 0.3) is 0 Å². The van der Waals surface area contributed by atoms with Crippen molar-refractivity contribution in [1.29, 1.82) is 0 Å². The predicted molar refractivity (Wildman–Crippen MR) is 70.8 cm³/mol. The summed E-state index contributed by atoms with van der Waals surface area (Å²) in [6.45, 7) is 0.455. The average Bonchev–Trinajstić information content (AvgIpc) is 2.82. The first-order valence-corrected chi connectivity index (χ1v) is 7.03. The highest BCUT2D eigenvalue weighted by molar-refractivity contribution is 5.78. The predicted octanol–water partition coefficient (Wildman–Crippen LogP) is 0.818. The van der Waals surface area contributed by atoms with E-state index < -0.39 is 11.9 Å². The minimum atomic E-state index is -0.812. The number of nitrogens with one attached hydrogen (secondary N) is 1. The zero-order chi connectivity index (χ0) is 14.4. The van der Waals surface area contributed by atoms with Crippen molar-refractivity contribution in [2.45, 2.75) is 51.1 Å². The summed E-state index contributed by atoms with van der Waals surface area (Å²) in [5, 5.41) is 19.6. The van der Waals surface area contributed by atoms with Crippen molar-refractivity contribution >= 4 is 11.9 Å². The Labute approximate surface area is 117 Å². The number of hydrogen-bond donors (Lipinski definition) is 2. The number of carboxylic acid groups (broad SMARTS) is 1. The summed E-state index contributed by atoms with van der Waals surface area (Å²) in [6.07, 6.45) is 7.85. The van der Waals surface area contributed by atoms with Crippen molar-refractivity contribution in [2.75, 3.05) is 0 Å². The molecule has 2 N–H and O–H groups in total. The lowest BCUT2D eigenvalue weighted by atomic mass is 9.95. The van der Waals surface area contributed by atoms with Crippen LogP contribution in [0.2, 0.25) is 0 Å². The molecular weight excluding hydrogens is 260 g/mol. The topological polar surface area (TPSA) is 97.1 Å². The molecule has 0 bridgehead atoms. The molecular formula is C13H20N4O3. The second-order valence-electron chi connectivity index (χ2n) is 5.17. The molecule has 20 heavy (non-hydrogen) atoms. The highest BCUT2D eigenvalue weighted by Gasteiger charge is 2.30. The second kappa shape index (κ2) is 7.02. The van der Waals surface area contributed by atoms with Gasteiger partial charge in [-0.05, 0) is 12.8 Å². The van der Waals surface area contributed by atoms with Crippen LogP contribution in [0, 0.1) is 5.92 Å². The summed E-state index contributed by atoms with van der Waals surface area (Å²) in [5.41, 5.74) is 0. The van der Waals surface area contributed by atoms with Crippen LogP contribution in [-0.4, -0.2) is 38.0 Å². The molecule has 0 aromatic carbocycles. The Kier molecular flexibility index (Phi) is 5.09. The molecule has 2 atom stereocenters. The van der Waals surface area contributed by atoms with Gasteiger partial charge in [0.15, 0.2) is 0 Å². The second-order valence-corrected chi connectivity index (χ2v) is 5.17. The fourth-order valence-corrected chi connectivity index (χ4v) is 2.62. The van der Waals surface area contributed by atoms with Crippen LogP contribution in [0.1, 0.15) is 38.5 Å². The van der Waals surface area contributed by atoms with Gasteiger partial charge < -0.3 is 10.4 Å². The fourth-order valence-electron chi connectivity index (χ4n) is 2.62. The minimum absolute atomic E-state index is 0.126. The Bertz CT molecular complexity index is 446. The highest BCUT2D eigenvalue weighted by Crippen LogP contribution is 2.23. The van der Waals surface area contributed by atoms with E-state index in [0.29, 0.717) is 13.0 Å². The summed E-state index contributed by atoms with van der Waals surface area (Å²) in [5.74, 6) is -1.40. The van der Waals surface area contributed by atoms with E-state index in [1.165, 1.54) is 0 Å². The summed E-state index contributed by atoms with van der Waals surface area (Å²) in [6, 6.07) is -0.252. The molecule has 2 rings (SSSR count). The fraction of sp³-hybridized carbons (Fsp3) is 0.692. The molecule has 1 amide bonds. The Morgan fingerprint density at radius 3 is 2.80 bits per heavy atom. The van der Waals surface area contributed by atoms with E-state index in [-0.39, 0.29) is 18.4 Å². The van der Waals surface area contributed by atoms with Gasteiger partial charge in [-0.1, -0.05) is 24.5 Å². The third kappa shape index (κ3) is 4.04. The third-order valence-electron chi connectivity index (χ3n) is 3.72. The quantitative estimate of drug-likeness (QED) is 0.778. The number of carboxylic acids is 1. The number of hydrogen-bond acceptors (Lipinski definition) is 4. The van der Waals surface area contributed by atoms with Gasteiger partial charge in [0.05, 0.1) is 18.7 Å². The molecule has 0 radical (unpaired) electrons. The van der Waals surface area contributed by atoms with E-state index in [1.807, 2.05) is 0 Å². The molecule has 7 heteroatoms. The standard InChI is InChI=1S/C13H20N4O3/c18-12(6-8-17-9-7-14-16-17)15-11-5-3-1-2-4-10(11)13(19)20/h7,9-11H,1-6,8H2,(H,15,18)(H,19,20). The minimum Gasteiger partial charge on any atom is -0.481 e. The van der Waals surface area contributed by atoms with E-state index in [0.717, 1.165) is 25.7 Å². The number of carbonyl (C=O) groups excluding carboxylic acids is 1.